The second-order valence-electron chi connectivity index (χ2n) is 11.8. The summed E-state index contributed by atoms with van der Waals surface area (Å²) < 4.78 is 12.2. The number of nitrogens with zero attached hydrogens (tertiary/aromatic N) is 2. The number of piperidine rings is 1. The van der Waals surface area contributed by atoms with Crippen LogP contribution < -0.4 is 10.1 Å². The van der Waals surface area contributed by atoms with Gasteiger partial charge in [0.1, 0.15) is 23.0 Å². The zero-order valence-corrected chi connectivity index (χ0v) is 24.1. The van der Waals surface area contributed by atoms with Crippen LogP contribution in [0.4, 0.5) is 0 Å². The van der Waals surface area contributed by atoms with E-state index in [4.69, 9.17) is 20.8 Å². The van der Waals surface area contributed by atoms with Gasteiger partial charge < -0.3 is 19.4 Å². The first kappa shape index (κ1) is 27.5. The third-order valence-electron chi connectivity index (χ3n) is 7.34. The number of likely N-dealkylation sites (tertiary alicyclic amines) is 1. The van der Waals surface area contributed by atoms with Crippen molar-refractivity contribution < 1.29 is 13.9 Å². The van der Waals surface area contributed by atoms with E-state index >= 15 is 0 Å². The van der Waals surface area contributed by atoms with E-state index in [9.17, 15) is 4.79 Å². The highest BCUT2D eigenvalue weighted by atomic mass is 35.5. The lowest BCUT2D eigenvalue weighted by Gasteiger charge is -2.32. The molecule has 6 nitrogen and oxygen atoms in total. The molecular weight excluding hydrogens is 510 g/mol. The Hall–Kier alpha value is -3.06. The fourth-order valence-corrected chi connectivity index (χ4v) is 5.79. The second kappa shape index (κ2) is 11.6. The van der Waals surface area contributed by atoms with E-state index in [-0.39, 0.29) is 17.4 Å². The molecule has 1 fully saturated rings. The monoisotopic (exact) mass is 547 g/mol. The van der Waals surface area contributed by atoms with Gasteiger partial charge in [-0.3, -0.25) is 9.69 Å². The van der Waals surface area contributed by atoms with Crippen LogP contribution in [-0.2, 0) is 6.54 Å². The molecule has 1 N–H and O–H groups in total. The maximum Gasteiger partial charge on any atom is 0.251 e. The number of amides is 1. The van der Waals surface area contributed by atoms with Crippen molar-refractivity contribution in [3.8, 4) is 5.75 Å². The smallest absolute Gasteiger partial charge is 0.251 e. The van der Waals surface area contributed by atoms with E-state index in [2.05, 4.69) is 59.3 Å². The van der Waals surface area contributed by atoms with E-state index in [1.165, 1.54) is 10.9 Å². The number of hydrogen-bond acceptors (Lipinski definition) is 5. The Kier molecular flexibility index (Phi) is 8.17. The van der Waals surface area contributed by atoms with E-state index in [0.29, 0.717) is 22.9 Å². The Labute approximate surface area is 235 Å². The van der Waals surface area contributed by atoms with Crippen LogP contribution in [0.25, 0.3) is 21.9 Å². The van der Waals surface area contributed by atoms with Crippen LogP contribution in [0.1, 0.15) is 42.6 Å². The second-order valence-corrected chi connectivity index (χ2v) is 12.2. The van der Waals surface area contributed by atoms with Crippen LogP contribution in [0.2, 0.25) is 5.02 Å². The largest absolute Gasteiger partial charge is 0.489 e. The highest BCUT2D eigenvalue weighted by Crippen LogP contribution is 2.31. The molecule has 0 saturated carbocycles. The van der Waals surface area contributed by atoms with E-state index in [1.54, 1.807) is 12.1 Å². The molecule has 1 aliphatic heterocycles. The number of para-hydroxylation sites is 1. The number of hydrogen-bond donors (Lipinski definition) is 1. The zero-order chi connectivity index (χ0) is 27.6. The first-order valence-electron chi connectivity index (χ1n) is 13.7. The molecule has 1 aliphatic rings. The maximum absolute atomic E-state index is 12.7. The lowest BCUT2D eigenvalue weighted by Crippen LogP contribution is -2.40. The van der Waals surface area contributed by atoms with Gasteiger partial charge in [0.15, 0.2) is 0 Å². The molecule has 0 aliphatic carbocycles. The summed E-state index contributed by atoms with van der Waals surface area (Å²) >= 11 is 6.54. The Morgan fingerprint density at radius 3 is 2.54 bits per heavy atom. The molecule has 0 atom stereocenters. The summed E-state index contributed by atoms with van der Waals surface area (Å²) in [5.41, 5.74) is 3.67. The molecule has 1 saturated heterocycles. The van der Waals surface area contributed by atoms with Crippen molar-refractivity contribution in [3.05, 3.63) is 76.8 Å². The van der Waals surface area contributed by atoms with Gasteiger partial charge in [0, 0.05) is 49.1 Å². The van der Waals surface area contributed by atoms with Gasteiger partial charge in [-0.05, 0) is 74.3 Å². The van der Waals surface area contributed by atoms with Crippen molar-refractivity contribution in [1.82, 2.24) is 15.1 Å². The lowest BCUT2D eigenvalue weighted by molar-refractivity contribution is 0.0928. The summed E-state index contributed by atoms with van der Waals surface area (Å²) in [6, 6.07) is 20.0. The van der Waals surface area contributed by atoms with Crippen molar-refractivity contribution in [3.63, 3.8) is 0 Å². The molecule has 2 heterocycles. The number of ether oxygens (including phenoxy) is 1. The Bertz CT molecular complexity index is 1450. The lowest BCUT2D eigenvalue weighted by atomic mass is 9.93. The molecule has 0 radical (unpaired) electrons. The fourth-order valence-electron chi connectivity index (χ4n) is 5.57. The number of benzene rings is 3. The summed E-state index contributed by atoms with van der Waals surface area (Å²) in [6.45, 7) is 8.56. The minimum absolute atomic E-state index is 0.0265. The molecule has 1 amide bonds. The van der Waals surface area contributed by atoms with Gasteiger partial charge in [0.25, 0.3) is 5.91 Å². The quantitative estimate of drug-likeness (QED) is 0.256. The first-order chi connectivity index (χ1) is 18.7. The minimum atomic E-state index is -0.120. The first-order valence-corrected chi connectivity index (χ1v) is 14.1. The average molecular weight is 548 g/mol. The van der Waals surface area contributed by atoms with Crippen LogP contribution in [0, 0.1) is 5.41 Å². The Morgan fingerprint density at radius 1 is 1.05 bits per heavy atom. The molecule has 4 aromatic rings. The van der Waals surface area contributed by atoms with Crippen molar-refractivity contribution in [2.75, 3.05) is 40.3 Å². The summed E-state index contributed by atoms with van der Waals surface area (Å²) in [4.78, 5) is 17.3. The van der Waals surface area contributed by atoms with Crippen LogP contribution in [0.5, 0.6) is 5.75 Å². The summed E-state index contributed by atoms with van der Waals surface area (Å²) in [5, 5.41) is 5.84. The van der Waals surface area contributed by atoms with Gasteiger partial charge in [-0.25, -0.2) is 0 Å². The SMILES string of the molecule is CN(C)CC(C)(C)CNC(=O)c1ccc(OC2CCN(Cc3ccc4oc5ccccc5c4c3)CC2)c(Cl)c1. The molecular formula is C32H38ClN3O3. The number of carbonyl (C=O) groups is 1. The molecule has 0 spiro atoms. The third kappa shape index (κ3) is 6.75. The number of nitrogens with one attached hydrogen (secondary N) is 1. The summed E-state index contributed by atoms with van der Waals surface area (Å²) in [6.07, 6.45) is 1.96. The highest BCUT2D eigenvalue weighted by molar-refractivity contribution is 6.32. The fraction of sp³-hybridized carbons (Fsp3) is 0.406. The number of furan rings is 1. The molecule has 0 bridgehead atoms. The van der Waals surface area contributed by atoms with E-state index in [1.807, 2.05) is 32.3 Å². The Balaban J connectivity index is 1.13. The minimum Gasteiger partial charge on any atom is -0.489 e. The van der Waals surface area contributed by atoms with Crippen molar-refractivity contribution in [2.45, 2.75) is 39.3 Å². The van der Waals surface area contributed by atoms with Crippen LogP contribution >= 0.6 is 11.6 Å². The topological polar surface area (TPSA) is 58.0 Å². The molecule has 206 valence electrons. The van der Waals surface area contributed by atoms with Gasteiger partial charge in [0.05, 0.1) is 5.02 Å². The Morgan fingerprint density at radius 2 is 1.79 bits per heavy atom. The number of carbonyl (C=O) groups excluding carboxylic acids is 1. The van der Waals surface area contributed by atoms with Crippen molar-refractivity contribution >= 4 is 39.4 Å². The van der Waals surface area contributed by atoms with Crippen LogP contribution in [0.15, 0.2) is 65.1 Å². The van der Waals surface area contributed by atoms with Crippen molar-refractivity contribution in [2.24, 2.45) is 5.41 Å². The zero-order valence-electron chi connectivity index (χ0n) is 23.3. The number of rotatable bonds is 9. The normalized spacial score (nSPS) is 15.3. The maximum atomic E-state index is 12.7. The third-order valence-corrected chi connectivity index (χ3v) is 7.64. The van der Waals surface area contributed by atoms with Crippen molar-refractivity contribution in [1.29, 1.82) is 0 Å². The molecule has 3 aromatic carbocycles. The van der Waals surface area contributed by atoms with Gasteiger partial charge >= 0.3 is 0 Å². The highest BCUT2D eigenvalue weighted by Gasteiger charge is 2.23. The molecule has 39 heavy (non-hydrogen) atoms. The standard InChI is InChI=1S/C32H38ClN3O3/c1-32(2,21-35(3)4)20-34-31(37)23-10-12-30(27(33)18-23)38-24-13-15-36(16-14-24)19-22-9-11-29-26(17-22)25-7-5-6-8-28(25)39-29/h5-12,17-18,24H,13-16,19-21H2,1-4H3,(H,34,37). The summed E-state index contributed by atoms with van der Waals surface area (Å²) in [7, 11) is 4.07. The van der Waals surface area contributed by atoms with Crippen LogP contribution in [0.3, 0.4) is 0 Å². The summed E-state index contributed by atoms with van der Waals surface area (Å²) in [5.74, 6) is 0.516. The number of halogens is 1. The van der Waals surface area contributed by atoms with E-state index < -0.39 is 0 Å². The van der Waals surface area contributed by atoms with Gasteiger partial charge in [-0.2, -0.15) is 0 Å². The van der Waals surface area contributed by atoms with Gasteiger partial charge in [0.2, 0.25) is 0 Å². The van der Waals surface area contributed by atoms with Gasteiger partial charge in [-0.15, -0.1) is 0 Å². The number of fused-ring (bicyclic) bond motifs is 3. The molecule has 7 heteroatoms. The van der Waals surface area contributed by atoms with Crippen LogP contribution in [-0.4, -0.2) is 62.1 Å². The predicted molar refractivity (Wildman–Crippen MR) is 159 cm³/mol. The predicted octanol–water partition coefficient (Wildman–Crippen LogP) is 6.60. The van der Waals surface area contributed by atoms with Gasteiger partial charge in [-0.1, -0.05) is 49.7 Å². The average Bonchev–Trinajstić information content (AvgIpc) is 3.27. The molecule has 5 rings (SSSR count). The molecule has 1 aromatic heterocycles. The molecule has 0 unspecified atom stereocenters. The van der Waals surface area contributed by atoms with E-state index in [0.717, 1.165) is 55.6 Å².